The van der Waals surface area contributed by atoms with Crippen LogP contribution in [0.3, 0.4) is 0 Å². The third-order valence-electron chi connectivity index (χ3n) is 5.44. The van der Waals surface area contributed by atoms with Crippen molar-refractivity contribution < 1.29 is 18.1 Å². The fraction of sp³-hybridized carbons (Fsp3) is 0.550. The highest BCUT2D eigenvalue weighted by molar-refractivity contribution is 7.91. The second-order valence-electron chi connectivity index (χ2n) is 7.78. The lowest BCUT2D eigenvalue weighted by molar-refractivity contribution is -0.907. The standard InChI is InChI=1S/C20H29N3O3S/c1-14-6-7-20(26-5)17(10-14)11-22(4)12-19-15(2)21-23(16(19)3)18-8-9-27(24,25)13-18/h6-7,10,18H,8-9,11-13H2,1-5H3/p+1/t18-/m0/s1. The fourth-order valence-corrected chi connectivity index (χ4v) is 5.70. The quantitative estimate of drug-likeness (QED) is 0.807. The maximum absolute atomic E-state index is 11.8. The van der Waals surface area contributed by atoms with Gasteiger partial charge in [0.2, 0.25) is 0 Å². The van der Waals surface area contributed by atoms with E-state index in [9.17, 15) is 8.42 Å². The number of quaternary nitrogens is 1. The Morgan fingerprint density at radius 2 is 2.00 bits per heavy atom. The number of nitrogens with one attached hydrogen (secondary N) is 1. The van der Waals surface area contributed by atoms with Crippen LogP contribution in [0.15, 0.2) is 18.2 Å². The van der Waals surface area contributed by atoms with Crippen LogP contribution < -0.4 is 9.64 Å². The summed E-state index contributed by atoms with van der Waals surface area (Å²) in [6.07, 6.45) is 0.660. The molecule has 27 heavy (non-hydrogen) atoms. The monoisotopic (exact) mass is 392 g/mol. The minimum Gasteiger partial charge on any atom is -0.496 e. The average molecular weight is 393 g/mol. The summed E-state index contributed by atoms with van der Waals surface area (Å²) in [6, 6.07) is 6.23. The molecule has 1 aliphatic heterocycles. The Bertz CT molecular complexity index is 934. The van der Waals surface area contributed by atoms with E-state index >= 15 is 0 Å². The first kappa shape index (κ1) is 19.9. The van der Waals surface area contributed by atoms with E-state index in [2.05, 4.69) is 38.1 Å². The third kappa shape index (κ3) is 4.35. The molecule has 0 saturated carbocycles. The highest BCUT2D eigenvalue weighted by Gasteiger charge is 2.31. The number of rotatable bonds is 6. The summed E-state index contributed by atoms with van der Waals surface area (Å²) in [5.74, 6) is 1.39. The van der Waals surface area contributed by atoms with Gasteiger partial charge in [-0.1, -0.05) is 11.6 Å². The van der Waals surface area contributed by atoms with Gasteiger partial charge in [0, 0.05) is 11.3 Å². The number of hydrogen-bond donors (Lipinski definition) is 1. The van der Waals surface area contributed by atoms with E-state index < -0.39 is 9.84 Å². The van der Waals surface area contributed by atoms with Crippen molar-refractivity contribution in [1.29, 1.82) is 0 Å². The molecule has 3 rings (SSSR count). The van der Waals surface area contributed by atoms with E-state index in [1.165, 1.54) is 21.6 Å². The second-order valence-corrected chi connectivity index (χ2v) is 10.0. The molecule has 2 aromatic rings. The molecular weight excluding hydrogens is 362 g/mol. The van der Waals surface area contributed by atoms with Crippen molar-refractivity contribution in [2.45, 2.75) is 46.3 Å². The molecule has 148 valence electrons. The molecule has 0 spiro atoms. The Hall–Kier alpha value is -1.86. The Morgan fingerprint density at radius 3 is 2.63 bits per heavy atom. The Morgan fingerprint density at radius 1 is 1.26 bits per heavy atom. The molecule has 1 aliphatic rings. The number of ether oxygens (including phenoxy) is 1. The minimum atomic E-state index is -2.92. The summed E-state index contributed by atoms with van der Waals surface area (Å²) in [7, 11) is 0.951. The Balaban J connectivity index is 1.77. The van der Waals surface area contributed by atoms with Crippen molar-refractivity contribution in [2.75, 3.05) is 25.7 Å². The van der Waals surface area contributed by atoms with Crippen LogP contribution in [0.2, 0.25) is 0 Å². The lowest BCUT2D eigenvalue weighted by Gasteiger charge is -2.17. The van der Waals surface area contributed by atoms with Crippen LogP contribution in [0.4, 0.5) is 0 Å². The molecular formula is C20H30N3O3S+. The second kappa shape index (κ2) is 7.64. The van der Waals surface area contributed by atoms with Crippen molar-refractivity contribution in [2.24, 2.45) is 0 Å². The van der Waals surface area contributed by atoms with Gasteiger partial charge in [-0.3, -0.25) is 4.68 Å². The van der Waals surface area contributed by atoms with Gasteiger partial charge in [-0.25, -0.2) is 8.42 Å². The van der Waals surface area contributed by atoms with Gasteiger partial charge in [0.25, 0.3) is 0 Å². The first-order chi connectivity index (χ1) is 12.7. The molecule has 0 amide bonds. The van der Waals surface area contributed by atoms with Crippen LogP contribution in [0, 0.1) is 20.8 Å². The number of benzene rings is 1. The van der Waals surface area contributed by atoms with Gasteiger partial charge in [0.15, 0.2) is 9.84 Å². The molecule has 1 saturated heterocycles. The van der Waals surface area contributed by atoms with Crippen LogP contribution in [-0.2, 0) is 22.9 Å². The maximum Gasteiger partial charge on any atom is 0.152 e. The lowest BCUT2D eigenvalue weighted by atomic mass is 10.1. The summed E-state index contributed by atoms with van der Waals surface area (Å²) >= 11 is 0. The van der Waals surface area contributed by atoms with Gasteiger partial charge < -0.3 is 9.64 Å². The van der Waals surface area contributed by atoms with E-state index in [-0.39, 0.29) is 17.5 Å². The maximum atomic E-state index is 11.8. The van der Waals surface area contributed by atoms with Gasteiger partial charge in [-0.2, -0.15) is 5.10 Å². The van der Waals surface area contributed by atoms with Gasteiger partial charge in [0.05, 0.1) is 43.0 Å². The van der Waals surface area contributed by atoms with E-state index in [0.29, 0.717) is 6.42 Å². The van der Waals surface area contributed by atoms with Gasteiger partial charge in [0.1, 0.15) is 18.8 Å². The average Bonchev–Trinajstić information content (AvgIpc) is 3.08. The van der Waals surface area contributed by atoms with Gasteiger partial charge in [-0.15, -0.1) is 0 Å². The first-order valence-corrected chi connectivity index (χ1v) is 11.2. The van der Waals surface area contributed by atoms with E-state index in [1.54, 1.807) is 7.11 Å². The van der Waals surface area contributed by atoms with Crippen LogP contribution >= 0.6 is 0 Å². The summed E-state index contributed by atoms with van der Waals surface area (Å²) in [4.78, 5) is 1.34. The van der Waals surface area contributed by atoms with E-state index in [1.807, 2.05) is 17.7 Å². The number of methoxy groups -OCH3 is 1. The molecule has 0 aliphatic carbocycles. The minimum absolute atomic E-state index is 0.0281. The normalized spacial score (nSPS) is 20.0. The Kier molecular flexibility index (Phi) is 5.63. The highest BCUT2D eigenvalue weighted by Crippen LogP contribution is 2.26. The molecule has 1 fully saturated rings. The van der Waals surface area contributed by atoms with Crippen molar-refractivity contribution >= 4 is 9.84 Å². The Labute approximate surface area is 162 Å². The summed E-state index contributed by atoms with van der Waals surface area (Å²) < 4.78 is 31.1. The van der Waals surface area contributed by atoms with Crippen molar-refractivity contribution in [1.82, 2.24) is 9.78 Å². The number of nitrogens with zero attached hydrogens (tertiary/aromatic N) is 2. The zero-order valence-corrected chi connectivity index (χ0v) is 17.7. The van der Waals surface area contributed by atoms with Crippen LogP contribution in [0.5, 0.6) is 5.75 Å². The van der Waals surface area contributed by atoms with Gasteiger partial charge in [-0.05, 0) is 39.3 Å². The number of aromatic nitrogens is 2. The van der Waals surface area contributed by atoms with Crippen LogP contribution in [0.1, 0.15) is 40.5 Å². The van der Waals surface area contributed by atoms with E-state index in [4.69, 9.17) is 4.74 Å². The smallest absolute Gasteiger partial charge is 0.152 e. The van der Waals surface area contributed by atoms with Crippen molar-refractivity contribution in [3.63, 3.8) is 0 Å². The molecule has 1 aromatic carbocycles. The first-order valence-electron chi connectivity index (χ1n) is 9.40. The molecule has 2 heterocycles. The van der Waals surface area contributed by atoms with Crippen LogP contribution in [-0.4, -0.2) is 43.9 Å². The van der Waals surface area contributed by atoms with Gasteiger partial charge >= 0.3 is 0 Å². The fourth-order valence-electron chi connectivity index (χ4n) is 4.01. The summed E-state index contributed by atoms with van der Waals surface area (Å²) in [5, 5.41) is 4.68. The number of hydrogen-bond acceptors (Lipinski definition) is 4. The predicted octanol–water partition coefficient (Wildman–Crippen LogP) is 1.39. The largest absolute Gasteiger partial charge is 0.496 e. The summed E-state index contributed by atoms with van der Waals surface area (Å²) in [5.41, 5.74) is 5.71. The lowest BCUT2D eigenvalue weighted by Crippen LogP contribution is -3.06. The SMILES string of the molecule is COc1ccc(C)cc1C[NH+](C)Cc1c(C)nn([C@H]2CCS(=O)(=O)C2)c1C. The predicted molar refractivity (Wildman–Crippen MR) is 106 cm³/mol. The third-order valence-corrected chi connectivity index (χ3v) is 7.19. The number of aryl methyl sites for hydroxylation is 2. The topological polar surface area (TPSA) is 65.6 Å². The molecule has 1 aromatic heterocycles. The molecule has 7 heteroatoms. The molecule has 6 nitrogen and oxygen atoms in total. The van der Waals surface area contributed by atoms with Crippen LogP contribution in [0.25, 0.3) is 0 Å². The molecule has 2 atom stereocenters. The molecule has 0 radical (unpaired) electrons. The molecule has 0 bridgehead atoms. The van der Waals surface area contributed by atoms with E-state index in [0.717, 1.165) is 30.2 Å². The summed E-state index contributed by atoms with van der Waals surface area (Å²) in [6.45, 7) is 7.86. The van der Waals surface area contributed by atoms with Crippen molar-refractivity contribution in [3.05, 3.63) is 46.3 Å². The molecule has 1 unspecified atom stereocenters. The number of sulfone groups is 1. The zero-order valence-electron chi connectivity index (χ0n) is 16.9. The highest BCUT2D eigenvalue weighted by atomic mass is 32.2. The molecule has 1 N–H and O–H groups in total. The zero-order chi connectivity index (χ0) is 19.8. The van der Waals surface area contributed by atoms with Crippen molar-refractivity contribution in [3.8, 4) is 5.75 Å².